The van der Waals surface area contributed by atoms with Gasteiger partial charge in [0.1, 0.15) is 17.0 Å². The van der Waals surface area contributed by atoms with Crippen molar-refractivity contribution in [3.63, 3.8) is 0 Å². The summed E-state index contributed by atoms with van der Waals surface area (Å²) in [5.41, 5.74) is 0. The van der Waals surface area contributed by atoms with E-state index in [0.717, 1.165) is 37.0 Å². The first kappa shape index (κ1) is 19.4. The average Bonchev–Trinajstić information content (AvgIpc) is 3.08. The minimum Gasteiger partial charge on any atom is -0.352 e. The Bertz CT molecular complexity index is 839. The molecule has 0 spiro atoms. The highest BCUT2D eigenvalue weighted by atomic mass is 32.1. The molecule has 0 aromatic carbocycles. The van der Waals surface area contributed by atoms with Crippen LogP contribution in [-0.4, -0.2) is 53.1 Å². The maximum atomic E-state index is 12.7. The van der Waals surface area contributed by atoms with Gasteiger partial charge in [-0.2, -0.15) is 13.2 Å². The molecule has 2 fully saturated rings. The van der Waals surface area contributed by atoms with Gasteiger partial charge in [0.15, 0.2) is 0 Å². The lowest BCUT2D eigenvalue weighted by Crippen LogP contribution is -2.50. The van der Waals surface area contributed by atoms with E-state index in [1.165, 1.54) is 12.7 Å². The Morgan fingerprint density at radius 3 is 2.50 bits per heavy atom. The molecule has 1 saturated heterocycles. The fourth-order valence-electron chi connectivity index (χ4n) is 4.18. The van der Waals surface area contributed by atoms with Gasteiger partial charge in [-0.3, -0.25) is 4.79 Å². The Kier molecular flexibility index (Phi) is 5.44. The molecule has 1 aliphatic heterocycles. The normalized spacial score (nSPS) is 19.4. The van der Waals surface area contributed by atoms with Crippen LogP contribution >= 0.6 is 11.3 Å². The fourth-order valence-corrected chi connectivity index (χ4v) is 5.20. The van der Waals surface area contributed by atoms with E-state index < -0.39 is 12.6 Å². The maximum absolute atomic E-state index is 12.7. The van der Waals surface area contributed by atoms with E-state index in [0.29, 0.717) is 42.2 Å². The molecule has 2 aromatic rings. The molecule has 2 aromatic heterocycles. The van der Waals surface area contributed by atoms with Crippen LogP contribution in [0.3, 0.4) is 0 Å². The first-order valence-corrected chi connectivity index (χ1v) is 10.6. The van der Waals surface area contributed by atoms with Crippen LogP contribution in [0.2, 0.25) is 0 Å². The molecule has 1 aliphatic carbocycles. The third kappa shape index (κ3) is 4.24. The van der Waals surface area contributed by atoms with Crippen molar-refractivity contribution in [2.24, 2.45) is 5.92 Å². The molecule has 0 radical (unpaired) electrons. The number of fused-ring (bicyclic) bond motifs is 1. The van der Waals surface area contributed by atoms with Gasteiger partial charge < -0.3 is 9.80 Å². The molecule has 1 saturated carbocycles. The van der Waals surface area contributed by atoms with Crippen molar-refractivity contribution in [1.82, 2.24) is 14.9 Å². The number of halogens is 3. The molecule has 0 N–H and O–H groups in total. The van der Waals surface area contributed by atoms with Gasteiger partial charge in [0.05, 0.1) is 11.8 Å². The van der Waals surface area contributed by atoms with Gasteiger partial charge in [0, 0.05) is 37.0 Å². The summed E-state index contributed by atoms with van der Waals surface area (Å²) in [5, 5.41) is 0.666. The van der Waals surface area contributed by atoms with Gasteiger partial charge in [0.2, 0.25) is 5.91 Å². The molecule has 0 atom stereocenters. The number of anilines is 1. The first-order valence-electron chi connectivity index (χ1n) is 9.74. The molecule has 3 heterocycles. The van der Waals surface area contributed by atoms with Crippen LogP contribution in [-0.2, 0) is 11.2 Å². The molecule has 2 aliphatic rings. The smallest absolute Gasteiger partial charge is 0.352 e. The predicted octanol–water partition coefficient (Wildman–Crippen LogP) is 4.03. The molecular formula is C19H23F3N4OS. The second-order valence-corrected chi connectivity index (χ2v) is 8.68. The standard InChI is InChI=1S/C19H23F3N4OS/c20-19(21,22)11-14-10-15-16(23-12-24-17(15)28-14)25-6-8-26(9-7-25)18(27)13-4-2-1-3-5-13/h10,12-13H,1-9,11H2. The first-order chi connectivity index (χ1) is 13.4. The number of nitrogens with zero attached hydrogens (tertiary/aromatic N) is 4. The monoisotopic (exact) mass is 412 g/mol. The number of carbonyl (C=O) groups is 1. The van der Waals surface area contributed by atoms with E-state index in [1.807, 2.05) is 4.90 Å². The van der Waals surface area contributed by atoms with Crippen LogP contribution in [0.1, 0.15) is 37.0 Å². The van der Waals surface area contributed by atoms with Crippen molar-refractivity contribution in [1.29, 1.82) is 0 Å². The van der Waals surface area contributed by atoms with Gasteiger partial charge >= 0.3 is 6.18 Å². The van der Waals surface area contributed by atoms with E-state index in [-0.39, 0.29) is 16.7 Å². The molecule has 4 rings (SSSR count). The zero-order valence-electron chi connectivity index (χ0n) is 15.5. The zero-order chi connectivity index (χ0) is 19.7. The highest BCUT2D eigenvalue weighted by Gasteiger charge is 2.31. The Labute approximate surface area is 165 Å². The fraction of sp³-hybridized carbons (Fsp3) is 0.632. The molecule has 9 heteroatoms. The van der Waals surface area contributed by atoms with Crippen LogP contribution in [0.25, 0.3) is 10.2 Å². The summed E-state index contributed by atoms with van der Waals surface area (Å²) in [5.74, 6) is 1.09. The maximum Gasteiger partial charge on any atom is 0.393 e. The van der Waals surface area contributed by atoms with Crippen LogP contribution in [0.5, 0.6) is 0 Å². The van der Waals surface area contributed by atoms with Crippen LogP contribution < -0.4 is 4.90 Å². The number of amides is 1. The molecule has 152 valence electrons. The van der Waals surface area contributed by atoms with Crippen LogP contribution in [0.15, 0.2) is 12.4 Å². The molecule has 0 bridgehead atoms. The van der Waals surface area contributed by atoms with Crippen LogP contribution in [0, 0.1) is 5.92 Å². The lowest BCUT2D eigenvalue weighted by atomic mass is 9.88. The number of hydrogen-bond acceptors (Lipinski definition) is 5. The average molecular weight is 412 g/mol. The SMILES string of the molecule is O=C(C1CCCCC1)N1CCN(c2ncnc3sc(CC(F)(F)F)cc23)CC1. The number of thiophene rings is 1. The number of alkyl halides is 3. The lowest BCUT2D eigenvalue weighted by molar-refractivity contribution is -0.136. The number of aromatic nitrogens is 2. The number of carbonyl (C=O) groups excluding carboxylic acids is 1. The Balaban J connectivity index is 1.45. The summed E-state index contributed by atoms with van der Waals surface area (Å²) >= 11 is 1.06. The zero-order valence-corrected chi connectivity index (χ0v) is 16.4. The highest BCUT2D eigenvalue weighted by molar-refractivity contribution is 7.18. The topological polar surface area (TPSA) is 49.3 Å². The van der Waals surface area contributed by atoms with Gasteiger partial charge in [0.25, 0.3) is 0 Å². The van der Waals surface area contributed by atoms with Crippen molar-refractivity contribution in [2.45, 2.75) is 44.7 Å². The molecule has 1 amide bonds. The van der Waals surface area contributed by atoms with Crippen molar-refractivity contribution >= 4 is 33.3 Å². The van der Waals surface area contributed by atoms with E-state index in [4.69, 9.17) is 0 Å². The summed E-state index contributed by atoms with van der Waals surface area (Å²) in [6, 6.07) is 1.56. The molecule has 28 heavy (non-hydrogen) atoms. The molecule has 0 unspecified atom stereocenters. The summed E-state index contributed by atoms with van der Waals surface area (Å²) in [7, 11) is 0. The number of piperazine rings is 1. The third-order valence-corrected chi connectivity index (χ3v) is 6.62. The van der Waals surface area contributed by atoms with Crippen molar-refractivity contribution in [2.75, 3.05) is 31.1 Å². The summed E-state index contributed by atoms with van der Waals surface area (Å²) in [4.78, 5) is 26.0. The summed E-state index contributed by atoms with van der Waals surface area (Å²) in [6.07, 6.45) is 1.69. The van der Waals surface area contributed by atoms with E-state index in [2.05, 4.69) is 14.9 Å². The van der Waals surface area contributed by atoms with Crippen molar-refractivity contribution < 1.29 is 18.0 Å². The quantitative estimate of drug-likeness (QED) is 0.764. The minimum absolute atomic E-state index is 0.160. The van der Waals surface area contributed by atoms with Gasteiger partial charge in [-0.1, -0.05) is 19.3 Å². The summed E-state index contributed by atoms with van der Waals surface area (Å²) < 4.78 is 38.2. The largest absolute Gasteiger partial charge is 0.393 e. The van der Waals surface area contributed by atoms with Crippen LogP contribution in [0.4, 0.5) is 19.0 Å². The Morgan fingerprint density at radius 2 is 1.82 bits per heavy atom. The highest BCUT2D eigenvalue weighted by Crippen LogP contribution is 2.34. The van der Waals surface area contributed by atoms with E-state index in [1.54, 1.807) is 6.07 Å². The molecule has 5 nitrogen and oxygen atoms in total. The molecular weight excluding hydrogens is 389 g/mol. The number of rotatable bonds is 3. The number of hydrogen-bond donors (Lipinski definition) is 0. The predicted molar refractivity (Wildman–Crippen MR) is 103 cm³/mol. The second-order valence-electron chi connectivity index (χ2n) is 7.57. The van der Waals surface area contributed by atoms with Gasteiger partial charge in [-0.05, 0) is 18.9 Å². The van der Waals surface area contributed by atoms with Gasteiger partial charge in [-0.25, -0.2) is 9.97 Å². The van der Waals surface area contributed by atoms with Crippen molar-refractivity contribution in [3.05, 3.63) is 17.3 Å². The Morgan fingerprint density at radius 1 is 1.11 bits per heavy atom. The van der Waals surface area contributed by atoms with Crippen molar-refractivity contribution in [3.8, 4) is 0 Å². The van der Waals surface area contributed by atoms with E-state index in [9.17, 15) is 18.0 Å². The summed E-state index contributed by atoms with van der Waals surface area (Å²) in [6.45, 7) is 2.52. The van der Waals surface area contributed by atoms with Gasteiger partial charge in [-0.15, -0.1) is 11.3 Å². The lowest BCUT2D eigenvalue weighted by Gasteiger charge is -2.37. The Hall–Kier alpha value is -1.90. The van der Waals surface area contributed by atoms with E-state index >= 15 is 0 Å². The minimum atomic E-state index is -4.24. The second kappa shape index (κ2) is 7.85. The third-order valence-electron chi connectivity index (χ3n) is 5.58.